The van der Waals surface area contributed by atoms with Gasteiger partial charge in [-0.2, -0.15) is 26.3 Å². The van der Waals surface area contributed by atoms with Gasteiger partial charge in [-0.3, -0.25) is 5.32 Å². The van der Waals surface area contributed by atoms with E-state index in [1.54, 1.807) is 18.2 Å². The topological polar surface area (TPSA) is 44.7 Å². The number of hydrogen-bond acceptors (Lipinski definition) is 4. The maximum Gasteiger partial charge on any atom is 0.431 e. The Morgan fingerprint density at radius 3 is 2.08 bits per heavy atom. The lowest BCUT2D eigenvalue weighted by Gasteiger charge is -2.32. The summed E-state index contributed by atoms with van der Waals surface area (Å²) >= 11 is 0. The van der Waals surface area contributed by atoms with E-state index in [-0.39, 0.29) is 17.4 Å². The zero-order valence-electron chi connectivity index (χ0n) is 19.2. The largest absolute Gasteiger partial charge is 0.457 e. The van der Waals surface area contributed by atoms with Crippen LogP contribution in [0.3, 0.4) is 0 Å². The quantitative estimate of drug-likeness (QED) is 0.273. The molecule has 0 aromatic heterocycles. The van der Waals surface area contributed by atoms with Crippen molar-refractivity contribution in [2.24, 2.45) is 0 Å². The highest BCUT2D eigenvalue weighted by molar-refractivity contribution is 5.50. The number of nitrogens with zero attached hydrogens (tertiary/aromatic N) is 1. The SMILES string of the molecule is CN(C)c1cccc(Oc2cccc(CC(O)(NCc3ccc(C(F)(F)F)cc3F)C(F)(F)F)c2)c1. The van der Waals surface area contributed by atoms with E-state index in [2.05, 4.69) is 0 Å². The van der Waals surface area contributed by atoms with Gasteiger partial charge in [0, 0.05) is 44.4 Å². The van der Waals surface area contributed by atoms with Crippen molar-refractivity contribution in [1.82, 2.24) is 5.32 Å². The second-order valence-electron chi connectivity index (χ2n) is 8.33. The molecule has 36 heavy (non-hydrogen) atoms. The molecule has 0 fully saturated rings. The number of aliphatic hydroxyl groups is 1. The van der Waals surface area contributed by atoms with E-state index in [1.165, 1.54) is 24.3 Å². The minimum Gasteiger partial charge on any atom is -0.457 e. The van der Waals surface area contributed by atoms with Crippen LogP contribution in [0.5, 0.6) is 11.5 Å². The molecule has 3 aromatic rings. The molecule has 0 aliphatic heterocycles. The van der Waals surface area contributed by atoms with Crippen molar-refractivity contribution in [3.8, 4) is 11.5 Å². The van der Waals surface area contributed by atoms with Gasteiger partial charge in [0.2, 0.25) is 5.72 Å². The molecule has 0 heterocycles. The van der Waals surface area contributed by atoms with Crippen LogP contribution >= 0.6 is 0 Å². The highest BCUT2D eigenvalue weighted by Crippen LogP contribution is 2.34. The van der Waals surface area contributed by atoms with E-state index < -0.39 is 48.0 Å². The van der Waals surface area contributed by atoms with E-state index in [0.29, 0.717) is 11.8 Å². The number of alkyl halides is 6. The highest BCUT2D eigenvalue weighted by Gasteiger charge is 2.53. The van der Waals surface area contributed by atoms with Gasteiger partial charge in [0.05, 0.1) is 5.56 Å². The van der Waals surface area contributed by atoms with Crippen molar-refractivity contribution in [1.29, 1.82) is 0 Å². The Bertz CT molecular complexity index is 1200. The van der Waals surface area contributed by atoms with Crippen LogP contribution in [0.15, 0.2) is 66.7 Å². The molecule has 194 valence electrons. The van der Waals surface area contributed by atoms with Crippen LogP contribution in [0.4, 0.5) is 36.4 Å². The zero-order chi connectivity index (χ0) is 26.7. The summed E-state index contributed by atoms with van der Waals surface area (Å²) in [7, 11) is 3.67. The van der Waals surface area contributed by atoms with Crippen LogP contribution in [0.25, 0.3) is 0 Å². The number of anilines is 1. The molecule has 1 unspecified atom stereocenters. The van der Waals surface area contributed by atoms with Gasteiger partial charge in [-0.25, -0.2) is 4.39 Å². The van der Waals surface area contributed by atoms with Crippen molar-refractivity contribution >= 4 is 5.69 Å². The number of nitrogens with one attached hydrogen (secondary N) is 1. The van der Waals surface area contributed by atoms with Gasteiger partial charge in [0.25, 0.3) is 0 Å². The lowest BCUT2D eigenvalue weighted by molar-refractivity contribution is -0.273. The second kappa shape index (κ2) is 10.4. The first-order valence-electron chi connectivity index (χ1n) is 10.6. The van der Waals surface area contributed by atoms with E-state index >= 15 is 0 Å². The van der Waals surface area contributed by atoms with Crippen molar-refractivity contribution in [2.45, 2.75) is 31.0 Å². The first-order chi connectivity index (χ1) is 16.7. The van der Waals surface area contributed by atoms with E-state index in [4.69, 9.17) is 4.74 Å². The Morgan fingerprint density at radius 2 is 1.50 bits per heavy atom. The van der Waals surface area contributed by atoms with E-state index in [0.717, 1.165) is 11.8 Å². The maximum absolute atomic E-state index is 14.1. The fraction of sp³-hybridized carbons (Fsp3) is 0.280. The summed E-state index contributed by atoms with van der Waals surface area (Å²) in [6.07, 6.45) is -11.0. The maximum atomic E-state index is 14.1. The summed E-state index contributed by atoms with van der Waals surface area (Å²) in [6.45, 7) is -0.868. The van der Waals surface area contributed by atoms with Crippen molar-refractivity contribution in [3.63, 3.8) is 0 Å². The molecular weight excluding hydrogens is 493 g/mol. The molecule has 0 bridgehead atoms. The third-order valence-corrected chi connectivity index (χ3v) is 5.35. The molecule has 0 saturated carbocycles. The molecule has 0 radical (unpaired) electrons. The second-order valence-corrected chi connectivity index (χ2v) is 8.33. The lowest BCUT2D eigenvalue weighted by Crippen LogP contribution is -2.58. The molecule has 0 aliphatic carbocycles. The summed E-state index contributed by atoms with van der Waals surface area (Å²) in [4.78, 5) is 1.85. The predicted octanol–water partition coefficient (Wildman–Crippen LogP) is 6.29. The van der Waals surface area contributed by atoms with Crippen LogP contribution < -0.4 is 15.0 Å². The number of rotatable bonds is 8. The number of halogens is 7. The Balaban J connectivity index is 1.78. The summed E-state index contributed by atoms with van der Waals surface area (Å²) in [6, 6.07) is 14.1. The van der Waals surface area contributed by atoms with Gasteiger partial charge in [-0.1, -0.05) is 24.3 Å². The Labute approximate surface area is 202 Å². The van der Waals surface area contributed by atoms with Crippen molar-refractivity contribution in [2.75, 3.05) is 19.0 Å². The Morgan fingerprint density at radius 1 is 0.861 bits per heavy atom. The molecule has 3 rings (SSSR count). The van der Waals surface area contributed by atoms with Gasteiger partial charge in [-0.05, 0) is 42.0 Å². The van der Waals surface area contributed by atoms with Crippen LogP contribution in [-0.2, 0) is 19.1 Å². The van der Waals surface area contributed by atoms with Gasteiger partial charge in [0.1, 0.15) is 17.3 Å². The standard InChI is InChI=1S/C25H23F7N2O2/c1-34(2)19-6-4-8-21(13-19)36-20-7-3-5-16(11-20)14-23(35,25(30,31)32)33-15-17-9-10-18(12-22(17)26)24(27,28)29/h3-13,33,35H,14-15H2,1-2H3. The summed E-state index contributed by atoms with van der Waals surface area (Å²) in [5.41, 5.74) is -4.34. The minimum atomic E-state index is -5.19. The minimum absolute atomic E-state index is 0.0523. The molecule has 0 spiro atoms. The van der Waals surface area contributed by atoms with E-state index in [1.807, 2.05) is 30.4 Å². The van der Waals surface area contributed by atoms with Gasteiger partial charge >= 0.3 is 12.4 Å². The lowest BCUT2D eigenvalue weighted by atomic mass is 10.0. The summed E-state index contributed by atoms with van der Waals surface area (Å²) in [5.74, 6) is -0.681. The molecule has 0 saturated heterocycles. The Kier molecular flexibility index (Phi) is 7.85. The zero-order valence-corrected chi connectivity index (χ0v) is 19.2. The van der Waals surface area contributed by atoms with Gasteiger partial charge in [-0.15, -0.1) is 0 Å². The Hall–Kier alpha value is -3.31. The molecule has 2 N–H and O–H groups in total. The van der Waals surface area contributed by atoms with Gasteiger partial charge in [0.15, 0.2) is 0 Å². The van der Waals surface area contributed by atoms with Crippen molar-refractivity contribution < 1.29 is 40.6 Å². The van der Waals surface area contributed by atoms with E-state index in [9.17, 15) is 35.8 Å². The van der Waals surface area contributed by atoms with Crippen molar-refractivity contribution in [3.05, 3.63) is 89.2 Å². The van der Waals surface area contributed by atoms with Gasteiger partial charge < -0.3 is 14.7 Å². The molecule has 11 heteroatoms. The number of ether oxygens (including phenoxy) is 1. The third kappa shape index (κ3) is 6.67. The summed E-state index contributed by atoms with van der Waals surface area (Å²) < 4.78 is 99.4. The predicted molar refractivity (Wildman–Crippen MR) is 120 cm³/mol. The highest BCUT2D eigenvalue weighted by atomic mass is 19.4. The number of benzene rings is 3. The average Bonchev–Trinajstić information content (AvgIpc) is 2.77. The van der Waals surface area contributed by atoms with Crippen LogP contribution in [-0.4, -0.2) is 31.1 Å². The first-order valence-corrected chi connectivity index (χ1v) is 10.6. The smallest absolute Gasteiger partial charge is 0.431 e. The fourth-order valence-electron chi connectivity index (χ4n) is 3.35. The third-order valence-electron chi connectivity index (χ3n) is 5.35. The molecule has 0 aliphatic rings. The first kappa shape index (κ1) is 27.3. The summed E-state index contributed by atoms with van der Waals surface area (Å²) in [5, 5.41) is 12.3. The average molecular weight is 516 g/mol. The molecular formula is C25H23F7N2O2. The normalized spacial score (nSPS) is 13.8. The molecule has 3 aromatic carbocycles. The monoisotopic (exact) mass is 516 g/mol. The molecule has 4 nitrogen and oxygen atoms in total. The number of hydrogen-bond donors (Lipinski definition) is 2. The van der Waals surface area contributed by atoms with Crippen LogP contribution in [0.2, 0.25) is 0 Å². The van der Waals surface area contributed by atoms with Crippen LogP contribution in [0, 0.1) is 5.82 Å². The molecule has 0 amide bonds. The molecule has 1 atom stereocenters. The van der Waals surface area contributed by atoms with Crippen LogP contribution in [0.1, 0.15) is 16.7 Å². The fourth-order valence-corrected chi connectivity index (χ4v) is 3.35.